The predicted molar refractivity (Wildman–Crippen MR) is 155 cm³/mol. The van der Waals surface area contributed by atoms with Crippen molar-refractivity contribution in [1.82, 2.24) is 19.4 Å². The lowest BCUT2D eigenvalue weighted by Gasteiger charge is -2.19. The number of nitrogens with zero attached hydrogens (tertiary/aromatic N) is 5. The first-order valence-corrected chi connectivity index (χ1v) is 13.8. The van der Waals surface area contributed by atoms with E-state index in [9.17, 15) is 4.79 Å². The van der Waals surface area contributed by atoms with Crippen LogP contribution in [0, 0.1) is 5.82 Å². The van der Waals surface area contributed by atoms with E-state index in [1.807, 2.05) is 47.2 Å². The van der Waals surface area contributed by atoms with Gasteiger partial charge in [-0.05, 0) is 42.8 Å². The second-order valence-electron chi connectivity index (χ2n) is 9.08. The fraction of sp³-hybridized carbons (Fsp3) is 0.172. The van der Waals surface area contributed by atoms with Crippen LogP contribution in [0.4, 0.5) is 14.9 Å². The molecule has 3 aromatic heterocycles. The van der Waals surface area contributed by atoms with E-state index >= 15 is 4.39 Å². The molecule has 0 radical (unpaired) electrons. The molecule has 10 heteroatoms. The number of anilines is 1. The molecule has 0 N–H and O–H groups in total. The predicted octanol–water partition coefficient (Wildman–Crippen LogP) is 6.92. The van der Waals surface area contributed by atoms with E-state index in [2.05, 4.69) is 16.9 Å². The first-order valence-electron chi connectivity index (χ1n) is 12.5. The molecular weight excluding hydrogens is 533 g/mol. The zero-order valence-electron chi connectivity index (χ0n) is 21.1. The number of rotatable bonds is 7. The van der Waals surface area contributed by atoms with Gasteiger partial charge in [-0.25, -0.2) is 14.2 Å². The number of imidazole rings is 1. The van der Waals surface area contributed by atoms with E-state index in [1.165, 1.54) is 17.4 Å². The summed E-state index contributed by atoms with van der Waals surface area (Å²) < 4.78 is 24.0. The standard InChI is InChI=1S/C29H24FN5O2S2/c1-2-33-17-23(32-18-33)26-16-22-28(39-26)25(10-11-31-22)37-24-9-8-19(14-21(24)30)15-27(38)35-13-12-34(29(35)36)20-6-4-3-5-7-20/h3-11,14,16-18H,2,12-13,15H2,1H3. The normalized spacial score (nSPS) is 13.4. The number of aromatic nitrogens is 3. The van der Waals surface area contributed by atoms with E-state index in [0.29, 0.717) is 29.4 Å². The second-order valence-corrected chi connectivity index (χ2v) is 10.6. The smallest absolute Gasteiger partial charge is 0.329 e. The summed E-state index contributed by atoms with van der Waals surface area (Å²) in [5, 5.41) is 0. The van der Waals surface area contributed by atoms with E-state index in [1.54, 1.807) is 40.5 Å². The van der Waals surface area contributed by atoms with Gasteiger partial charge in [0.15, 0.2) is 11.6 Å². The summed E-state index contributed by atoms with van der Waals surface area (Å²) >= 11 is 7.08. The zero-order valence-corrected chi connectivity index (χ0v) is 22.7. The molecule has 2 aromatic carbocycles. The largest absolute Gasteiger partial charge is 0.453 e. The van der Waals surface area contributed by atoms with Crippen molar-refractivity contribution in [2.24, 2.45) is 0 Å². The number of thiocarbonyl (C=S) groups is 1. The minimum Gasteiger partial charge on any atom is -0.453 e. The number of halogens is 1. The highest BCUT2D eigenvalue weighted by Gasteiger charge is 2.32. The average molecular weight is 558 g/mol. The zero-order chi connectivity index (χ0) is 26.9. The summed E-state index contributed by atoms with van der Waals surface area (Å²) in [5.41, 5.74) is 3.13. The Morgan fingerprint density at radius 2 is 1.92 bits per heavy atom. The third kappa shape index (κ3) is 5.00. The molecule has 0 bridgehead atoms. The number of benzene rings is 2. The molecule has 1 fully saturated rings. The number of amides is 2. The SMILES string of the molecule is CCn1cnc(-c2cc3nccc(Oc4ccc(CC(=S)N5CCN(c6ccccc6)C5=O)cc4F)c3s2)c1. The van der Waals surface area contributed by atoms with Crippen LogP contribution in [0.15, 0.2) is 79.4 Å². The minimum atomic E-state index is -0.502. The molecule has 6 rings (SSSR count). The Bertz CT molecular complexity index is 1680. The van der Waals surface area contributed by atoms with Gasteiger partial charge in [0.1, 0.15) is 5.75 Å². The third-order valence-electron chi connectivity index (χ3n) is 6.58. The number of hydrogen-bond donors (Lipinski definition) is 0. The number of urea groups is 1. The first kappa shape index (κ1) is 25.1. The molecular formula is C29H24FN5O2S2. The van der Waals surface area contributed by atoms with Crippen molar-refractivity contribution in [3.05, 3.63) is 90.8 Å². The maximum absolute atomic E-state index is 15.2. The Morgan fingerprint density at radius 1 is 1.08 bits per heavy atom. The topological polar surface area (TPSA) is 63.5 Å². The maximum atomic E-state index is 15.2. The molecule has 2 amide bonds. The van der Waals surface area contributed by atoms with Gasteiger partial charge in [-0.15, -0.1) is 11.3 Å². The Balaban J connectivity index is 1.16. The number of aryl methyl sites for hydroxylation is 1. The van der Waals surface area contributed by atoms with Gasteiger partial charge in [0.25, 0.3) is 0 Å². The molecule has 39 heavy (non-hydrogen) atoms. The number of para-hydroxylation sites is 1. The van der Waals surface area contributed by atoms with Crippen LogP contribution in [0.1, 0.15) is 12.5 Å². The molecule has 5 aromatic rings. The molecule has 1 saturated heterocycles. The van der Waals surface area contributed by atoms with Crippen molar-refractivity contribution >= 4 is 50.5 Å². The Morgan fingerprint density at radius 3 is 2.69 bits per heavy atom. The van der Waals surface area contributed by atoms with Crippen LogP contribution in [0.2, 0.25) is 0 Å². The number of pyridine rings is 1. The molecule has 0 atom stereocenters. The van der Waals surface area contributed by atoms with Crippen molar-refractivity contribution in [3.63, 3.8) is 0 Å². The van der Waals surface area contributed by atoms with E-state index in [4.69, 9.17) is 17.0 Å². The quantitative estimate of drug-likeness (QED) is 0.203. The van der Waals surface area contributed by atoms with Crippen LogP contribution in [0.25, 0.3) is 20.8 Å². The van der Waals surface area contributed by atoms with Gasteiger partial charge in [0, 0.05) is 50.2 Å². The van der Waals surface area contributed by atoms with Crippen LogP contribution in [0.3, 0.4) is 0 Å². The monoisotopic (exact) mass is 557 g/mol. The van der Waals surface area contributed by atoms with Crippen LogP contribution in [-0.4, -0.2) is 43.5 Å². The van der Waals surface area contributed by atoms with Crippen molar-refractivity contribution in [2.75, 3.05) is 18.0 Å². The van der Waals surface area contributed by atoms with Gasteiger partial charge in [-0.1, -0.05) is 36.5 Å². The van der Waals surface area contributed by atoms with Gasteiger partial charge in [-0.2, -0.15) is 0 Å². The number of thiophene rings is 1. The van der Waals surface area contributed by atoms with Crippen molar-refractivity contribution < 1.29 is 13.9 Å². The summed E-state index contributed by atoms with van der Waals surface area (Å²) in [6, 6.07) is 17.8. The minimum absolute atomic E-state index is 0.106. The first-order chi connectivity index (χ1) is 19.0. The highest BCUT2D eigenvalue weighted by molar-refractivity contribution is 7.80. The molecule has 0 aliphatic carbocycles. The molecule has 1 aliphatic heterocycles. The lowest BCUT2D eigenvalue weighted by Crippen LogP contribution is -2.36. The maximum Gasteiger partial charge on any atom is 0.329 e. The van der Waals surface area contributed by atoms with Crippen molar-refractivity contribution in [2.45, 2.75) is 19.9 Å². The number of ether oxygens (including phenoxy) is 1. The van der Waals surface area contributed by atoms with Gasteiger partial charge < -0.3 is 9.30 Å². The molecule has 7 nitrogen and oxygen atoms in total. The van der Waals surface area contributed by atoms with Crippen molar-refractivity contribution in [1.29, 1.82) is 0 Å². The molecule has 1 aliphatic rings. The summed E-state index contributed by atoms with van der Waals surface area (Å²) in [5.74, 6) is 0.129. The molecule has 4 heterocycles. The summed E-state index contributed by atoms with van der Waals surface area (Å²) in [4.78, 5) is 26.6. The summed E-state index contributed by atoms with van der Waals surface area (Å²) in [6.07, 6.45) is 5.71. The van der Waals surface area contributed by atoms with E-state index in [-0.39, 0.29) is 18.2 Å². The van der Waals surface area contributed by atoms with Crippen molar-refractivity contribution in [3.8, 4) is 22.1 Å². The summed E-state index contributed by atoms with van der Waals surface area (Å²) in [7, 11) is 0. The van der Waals surface area contributed by atoms with Crippen LogP contribution in [0.5, 0.6) is 11.5 Å². The third-order valence-corrected chi connectivity index (χ3v) is 8.10. The van der Waals surface area contributed by atoms with Gasteiger partial charge in [0.05, 0.1) is 32.1 Å². The van der Waals surface area contributed by atoms with Gasteiger partial charge in [-0.3, -0.25) is 14.8 Å². The molecule has 0 unspecified atom stereocenters. The fourth-order valence-electron chi connectivity index (χ4n) is 4.52. The van der Waals surface area contributed by atoms with Crippen LogP contribution < -0.4 is 9.64 Å². The highest BCUT2D eigenvalue weighted by Crippen LogP contribution is 2.39. The number of hydrogen-bond acceptors (Lipinski definition) is 6. The second kappa shape index (κ2) is 10.5. The lowest BCUT2D eigenvalue weighted by molar-refractivity contribution is 0.238. The number of fused-ring (bicyclic) bond motifs is 1. The Hall–Kier alpha value is -4.15. The van der Waals surface area contributed by atoms with Crippen LogP contribution in [-0.2, 0) is 13.0 Å². The Labute approximate surface area is 234 Å². The average Bonchev–Trinajstić information content (AvgIpc) is 3.69. The number of carbonyl (C=O) groups excluding carboxylic acids is 1. The van der Waals surface area contributed by atoms with Gasteiger partial charge >= 0.3 is 6.03 Å². The fourth-order valence-corrected chi connectivity index (χ4v) is 5.89. The van der Waals surface area contributed by atoms with E-state index in [0.717, 1.165) is 33.0 Å². The highest BCUT2D eigenvalue weighted by atomic mass is 32.1. The van der Waals surface area contributed by atoms with Crippen LogP contribution >= 0.6 is 23.6 Å². The number of carbonyl (C=O) groups is 1. The Kier molecular flexibility index (Phi) is 6.80. The lowest BCUT2D eigenvalue weighted by atomic mass is 10.1. The summed E-state index contributed by atoms with van der Waals surface area (Å²) in [6.45, 7) is 3.94. The van der Waals surface area contributed by atoms with E-state index < -0.39 is 5.82 Å². The molecule has 196 valence electrons. The molecule has 0 spiro atoms. The van der Waals surface area contributed by atoms with Gasteiger partial charge in [0.2, 0.25) is 0 Å². The molecule has 0 saturated carbocycles.